The lowest BCUT2D eigenvalue weighted by atomic mass is 9.97. The van der Waals surface area contributed by atoms with Crippen LogP contribution in [0.4, 0.5) is 0 Å². The fraction of sp³-hybridized carbons (Fsp3) is 0. The van der Waals surface area contributed by atoms with E-state index in [2.05, 4.69) is 78.9 Å². The molecule has 124 valence electrons. The van der Waals surface area contributed by atoms with Gasteiger partial charge in [0.15, 0.2) is 0 Å². The van der Waals surface area contributed by atoms with Gasteiger partial charge in [-0.1, -0.05) is 84.4 Å². The molecule has 0 aliphatic heterocycles. The molecule has 1 heterocycles. The Bertz CT molecular complexity index is 1220. The van der Waals surface area contributed by atoms with Crippen molar-refractivity contribution < 1.29 is 0 Å². The topological polar surface area (TPSA) is 0 Å². The van der Waals surface area contributed by atoms with Gasteiger partial charge >= 0.3 is 0 Å². The second kappa shape index (κ2) is 6.28. The van der Waals surface area contributed by atoms with Crippen LogP contribution in [-0.4, -0.2) is 0 Å². The van der Waals surface area contributed by atoms with Crippen LogP contribution in [0.5, 0.6) is 0 Å². The molecule has 0 unspecified atom stereocenters. The second-order valence-electron chi connectivity index (χ2n) is 6.34. The second-order valence-corrected chi connectivity index (χ2v) is 7.83. The van der Waals surface area contributed by atoms with E-state index in [1.54, 1.807) is 0 Å². The summed E-state index contributed by atoms with van der Waals surface area (Å²) in [6.07, 6.45) is 0. The van der Waals surface area contributed by atoms with E-state index in [1.165, 1.54) is 31.3 Å². The maximum absolute atomic E-state index is 6.66. The summed E-state index contributed by atoms with van der Waals surface area (Å²) in [5.41, 5.74) is 4.72. The molecule has 0 saturated heterocycles. The first-order valence-electron chi connectivity index (χ1n) is 8.57. The molecule has 0 nitrogen and oxygen atoms in total. The van der Waals surface area contributed by atoms with Gasteiger partial charge in [0, 0.05) is 30.8 Å². The normalized spacial score (nSPS) is 11.3. The Labute approximate surface area is 161 Å². The van der Waals surface area contributed by atoms with Crippen LogP contribution in [-0.2, 0) is 0 Å². The molecule has 0 spiro atoms. The van der Waals surface area contributed by atoms with E-state index in [0.717, 1.165) is 16.1 Å². The molecule has 0 amide bonds. The van der Waals surface area contributed by atoms with E-state index in [0.29, 0.717) is 0 Å². The molecule has 5 aromatic rings. The number of halogens is 1. The third kappa shape index (κ3) is 2.52. The summed E-state index contributed by atoms with van der Waals surface area (Å²) in [6, 6.07) is 31.8. The molecule has 0 saturated carbocycles. The van der Waals surface area contributed by atoms with Crippen molar-refractivity contribution in [1.29, 1.82) is 0 Å². The van der Waals surface area contributed by atoms with Gasteiger partial charge in [-0.05, 0) is 34.9 Å². The van der Waals surface area contributed by atoms with Gasteiger partial charge in [0.05, 0.1) is 0 Å². The van der Waals surface area contributed by atoms with Crippen molar-refractivity contribution in [3.8, 4) is 22.3 Å². The minimum atomic E-state index is 0.800. The third-order valence-electron chi connectivity index (χ3n) is 4.77. The fourth-order valence-electron chi connectivity index (χ4n) is 3.53. The van der Waals surface area contributed by atoms with Crippen molar-refractivity contribution in [2.45, 2.75) is 0 Å². The Kier molecular flexibility index (Phi) is 3.77. The molecule has 0 bridgehead atoms. The van der Waals surface area contributed by atoms with Crippen molar-refractivity contribution in [3.63, 3.8) is 0 Å². The molecule has 0 N–H and O–H groups in total. The lowest BCUT2D eigenvalue weighted by Gasteiger charge is -2.09. The van der Waals surface area contributed by atoms with Crippen molar-refractivity contribution in [2.24, 2.45) is 0 Å². The van der Waals surface area contributed by atoms with Crippen LogP contribution in [0.15, 0.2) is 91.0 Å². The summed E-state index contributed by atoms with van der Waals surface area (Å²) in [6.45, 7) is 0. The zero-order chi connectivity index (χ0) is 17.5. The maximum Gasteiger partial charge on any atom is 0.0491 e. The van der Waals surface area contributed by atoms with Crippen molar-refractivity contribution in [1.82, 2.24) is 0 Å². The zero-order valence-corrected chi connectivity index (χ0v) is 15.5. The Morgan fingerprint density at radius 2 is 1.19 bits per heavy atom. The highest BCUT2D eigenvalue weighted by Gasteiger charge is 2.14. The number of fused-ring (bicyclic) bond motifs is 3. The minimum Gasteiger partial charge on any atom is -0.135 e. The van der Waals surface area contributed by atoms with Gasteiger partial charge in [0.1, 0.15) is 0 Å². The highest BCUT2D eigenvalue weighted by molar-refractivity contribution is 7.26. The van der Waals surface area contributed by atoms with E-state index in [9.17, 15) is 0 Å². The lowest BCUT2D eigenvalue weighted by Crippen LogP contribution is -1.83. The molecule has 2 heteroatoms. The highest BCUT2D eigenvalue weighted by Crippen LogP contribution is 2.43. The van der Waals surface area contributed by atoms with Gasteiger partial charge in [-0.25, -0.2) is 0 Å². The number of hydrogen-bond acceptors (Lipinski definition) is 1. The third-order valence-corrected chi connectivity index (χ3v) is 6.22. The van der Waals surface area contributed by atoms with Crippen molar-refractivity contribution in [3.05, 3.63) is 96.0 Å². The van der Waals surface area contributed by atoms with Crippen LogP contribution in [0.1, 0.15) is 0 Å². The van der Waals surface area contributed by atoms with E-state index in [-0.39, 0.29) is 0 Å². The molecule has 26 heavy (non-hydrogen) atoms. The average Bonchev–Trinajstić information content (AvgIpc) is 3.08. The lowest BCUT2D eigenvalue weighted by molar-refractivity contribution is 1.61. The standard InChI is InChI=1S/C24H15ClS/c25-20-14-15-22-24(19-8-4-5-9-21(19)26-22)23(20)18-12-10-17(11-13-18)16-6-2-1-3-7-16/h1-15H. The Morgan fingerprint density at radius 1 is 0.538 bits per heavy atom. The molecular weight excluding hydrogens is 356 g/mol. The zero-order valence-electron chi connectivity index (χ0n) is 13.9. The van der Waals surface area contributed by atoms with Gasteiger partial charge in [0.25, 0.3) is 0 Å². The van der Waals surface area contributed by atoms with Crippen molar-refractivity contribution >= 4 is 43.1 Å². The number of hydrogen-bond donors (Lipinski definition) is 0. The average molecular weight is 371 g/mol. The van der Waals surface area contributed by atoms with Crippen LogP contribution in [0.3, 0.4) is 0 Å². The molecule has 4 aromatic carbocycles. The quantitative estimate of drug-likeness (QED) is 0.295. The Morgan fingerprint density at radius 3 is 2.00 bits per heavy atom. The van der Waals surface area contributed by atoms with E-state index < -0.39 is 0 Å². The molecule has 0 radical (unpaired) electrons. The van der Waals surface area contributed by atoms with E-state index >= 15 is 0 Å². The summed E-state index contributed by atoms with van der Waals surface area (Å²) >= 11 is 8.48. The minimum absolute atomic E-state index is 0.800. The van der Waals surface area contributed by atoms with E-state index in [4.69, 9.17) is 11.6 Å². The summed E-state index contributed by atoms with van der Waals surface area (Å²) < 4.78 is 2.57. The summed E-state index contributed by atoms with van der Waals surface area (Å²) in [5, 5.41) is 3.33. The van der Waals surface area contributed by atoms with E-state index in [1.807, 2.05) is 23.5 Å². The highest BCUT2D eigenvalue weighted by atomic mass is 35.5. The van der Waals surface area contributed by atoms with Gasteiger partial charge in [-0.15, -0.1) is 11.3 Å². The predicted molar refractivity (Wildman–Crippen MR) is 115 cm³/mol. The maximum atomic E-state index is 6.66. The summed E-state index contributed by atoms with van der Waals surface area (Å²) in [5.74, 6) is 0. The largest absolute Gasteiger partial charge is 0.135 e. The van der Waals surface area contributed by atoms with Gasteiger partial charge in [-0.3, -0.25) is 0 Å². The smallest absolute Gasteiger partial charge is 0.0491 e. The first-order valence-corrected chi connectivity index (χ1v) is 9.76. The van der Waals surface area contributed by atoms with Crippen LogP contribution in [0.2, 0.25) is 5.02 Å². The monoisotopic (exact) mass is 370 g/mol. The SMILES string of the molecule is Clc1ccc2sc3ccccc3c2c1-c1ccc(-c2ccccc2)cc1. The molecular formula is C24H15ClS. The van der Waals surface area contributed by atoms with Crippen LogP contribution < -0.4 is 0 Å². The molecule has 0 aliphatic rings. The van der Waals surface area contributed by atoms with Gasteiger partial charge in [-0.2, -0.15) is 0 Å². The fourth-order valence-corrected chi connectivity index (χ4v) is 4.91. The number of thiophene rings is 1. The Hall–Kier alpha value is -2.61. The summed E-state index contributed by atoms with van der Waals surface area (Å²) in [7, 11) is 0. The van der Waals surface area contributed by atoms with Gasteiger partial charge < -0.3 is 0 Å². The van der Waals surface area contributed by atoms with Crippen molar-refractivity contribution in [2.75, 3.05) is 0 Å². The molecule has 5 rings (SSSR count). The first kappa shape index (κ1) is 15.6. The summed E-state index contributed by atoms with van der Waals surface area (Å²) in [4.78, 5) is 0. The molecule has 1 aromatic heterocycles. The predicted octanol–water partition coefficient (Wildman–Crippen LogP) is 8.04. The van der Waals surface area contributed by atoms with Gasteiger partial charge in [0.2, 0.25) is 0 Å². The van der Waals surface area contributed by atoms with Crippen LogP contribution >= 0.6 is 22.9 Å². The number of benzene rings is 4. The van der Waals surface area contributed by atoms with Crippen LogP contribution in [0.25, 0.3) is 42.4 Å². The number of rotatable bonds is 2. The molecule has 0 atom stereocenters. The first-order chi connectivity index (χ1) is 12.8. The Balaban J connectivity index is 1.73. The molecule has 0 aliphatic carbocycles. The van der Waals surface area contributed by atoms with Crippen LogP contribution in [0, 0.1) is 0 Å². The molecule has 0 fully saturated rings.